The zero-order chi connectivity index (χ0) is 12.5. The summed E-state index contributed by atoms with van der Waals surface area (Å²) in [5.74, 6) is 0. The fourth-order valence-corrected chi connectivity index (χ4v) is 2.35. The Bertz CT molecular complexity index is 375. The molecule has 94 valence electrons. The zero-order valence-electron chi connectivity index (χ0n) is 10.8. The maximum atomic E-state index is 5.79. The van der Waals surface area contributed by atoms with Gasteiger partial charge in [0.1, 0.15) is 5.15 Å². The Morgan fingerprint density at radius 3 is 2.71 bits per heavy atom. The average molecular weight is 254 g/mol. The van der Waals surface area contributed by atoms with Gasteiger partial charge in [-0.05, 0) is 32.5 Å². The molecule has 0 amide bonds. The number of nitrogens with zero attached hydrogens (tertiary/aromatic N) is 3. The van der Waals surface area contributed by atoms with Crippen LogP contribution in [0.4, 0.5) is 0 Å². The number of piperazine rings is 1. The van der Waals surface area contributed by atoms with E-state index in [-0.39, 0.29) is 5.54 Å². The van der Waals surface area contributed by atoms with E-state index >= 15 is 0 Å². The molecule has 0 aromatic carbocycles. The molecule has 0 atom stereocenters. The van der Waals surface area contributed by atoms with Crippen LogP contribution in [0.5, 0.6) is 0 Å². The fraction of sp³-hybridized carbons (Fsp3) is 0.615. The van der Waals surface area contributed by atoms with Crippen molar-refractivity contribution >= 4 is 11.6 Å². The van der Waals surface area contributed by atoms with Crippen molar-refractivity contribution in [1.82, 2.24) is 14.8 Å². The van der Waals surface area contributed by atoms with Gasteiger partial charge in [-0.1, -0.05) is 17.7 Å². The number of rotatable bonds is 2. The van der Waals surface area contributed by atoms with E-state index in [1.807, 2.05) is 12.3 Å². The SMILES string of the molecule is CN1CCN(Cc2ccc(Cl)nc2)CC1(C)C. The molecule has 0 unspecified atom stereocenters. The monoisotopic (exact) mass is 253 g/mol. The second-order valence-corrected chi connectivity index (χ2v) is 5.82. The summed E-state index contributed by atoms with van der Waals surface area (Å²) < 4.78 is 0. The molecule has 17 heavy (non-hydrogen) atoms. The largest absolute Gasteiger partial charge is 0.299 e. The first kappa shape index (κ1) is 12.8. The predicted octanol–water partition coefficient (Wildman–Crippen LogP) is 2.26. The smallest absolute Gasteiger partial charge is 0.129 e. The maximum Gasteiger partial charge on any atom is 0.129 e. The van der Waals surface area contributed by atoms with Crippen LogP contribution in [0.1, 0.15) is 19.4 Å². The molecule has 1 saturated heterocycles. The van der Waals surface area contributed by atoms with Gasteiger partial charge in [0.05, 0.1) is 0 Å². The minimum Gasteiger partial charge on any atom is -0.299 e. The third-order valence-electron chi connectivity index (χ3n) is 3.59. The lowest BCUT2D eigenvalue weighted by atomic mass is 9.99. The Hall–Kier alpha value is -0.640. The van der Waals surface area contributed by atoms with Crippen LogP contribution in [0.25, 0.3) is 0 Å². The Morgan fingerprint density at radius 2 is 2.12 bits per heavy atom. The first-order valence-electron chi connectivity index (χ1n) is 6.01. The van der Waals surface area contributed by atoms with Gasteiger partial charge < -0.3 is 0 Å². The van der Waals surface area contributed by atoms with Gasteiger partial charge in [-0.15, -0.1) is 0 Å². The topological polar surface area (TPSA) is 19.4 Å². The van der Waals surface area contributed by atoms with Crippen LogP contribution < -0.4 is 0 Å². The summed E-state index contributed by atoms with van der Waals surface area (Å²) in [5, 5.41) is 0.562. The number of likely N-dealkylation sites (N-methyl/N-ethyl adjacent to an activating group) is 1. The van der Waals surface area contributed by atoms with Gasteiger partial charge in [0.2, 0.25) is 0 Å². The van der Waals surface area contributed by atoms with Gasteiger partial charge >= 0.3 is 0 Å². The second-order valence-electron chi connectivity index (χ2n) is 5.43. The highest BCUT2D eigenvalue weighted by molar-refractivity contribution is 6.29. The lowest BCUT2D eigenvalue weighted by Crippen LogP contribution is -2.57. The van der Waals surface area contributed by atoms with Crippen LogP contribution >= 0.6 is 11.6 Å². The highest BCUT2D eigenvalue weighted by atomic mass is 35.5. The van der Waals surface area contributed by atoms with Crippen molar-refractivity contribution in [3.8, 4) is 0 Å². The summed E-state index contributed by atoms with van der Waals surface area (Å²) >= 11 is 5.79. The Balaban J connectivity index is 1.98. The lowest BCUT2D eigenvalue weighted by Gasteiger charge is -2.45. The lowest BCUT2D eigenvalue weighted by molar-refractivity contribution is 0.0359. The molecule has 0 saturated carbocycles. The van der Waals surface area contributed by atoms with Crippen LogP contribution in [-0.2, 0) is 6.54 Å². The van der Waals surface area contributed by atoms with Crippen molar-refractivity contribution in [1.29, 1.82) is 0 Å². The maximum absolute atomic E-state index is 5.79. The van der Waals surface area contributed by atoms with E-state index in [0.29, 0.717) is 5.15 Å². The van der Waals surface area contributed by atoms with E-state index in [2.05, 4.69) is 41.7 Å². The third kappa shape index (κ3) is 3.18. The summed E-state index contributed by atoms with van der Waals surface area (Å²) in [7, 11) is 2.20. The predicted molar refractivity (Wildman–Crippen MR) is 71.2 cm³/mol. The standard InChI is InChI=1S/C13H20ClN3/c1-13(2)10-17(7-6-16(13)3)9-11-4-5-12(14)15-8-11/h4-5,8H,6-7,9-10H2,1-3H3. The normalized spacial score (nSPS) is 21.6. The van der Waals surface area contributed by atoms with Gasteiger partial charge in [0.25, 0.3) is 0 Å². The van der Waals surface area contributed by atoms with Gasteiger partial charge in [-0.25, -0.2) is 4.98 Å². The van der Waals surface area contributed by atoms with Crippen LogP contribution in [0.3, 0.4) is 0 Å². The van der Waals surface area contributed by atoms with Crippen molar-refractivity contribution in [2.45, 2.75) is 25.9 Å². The molecule has 0 spiro atoms. The van der Waals surface area contributed by atoms with Crippen molar-refractivity contribution < 1.29 is 0 Å². The van der Waals surface area contributed by atoms with Crippen molar-refractivity contribution in [3.05, 3.63) is 29.0 Å². The molecule has 0 bridgehead atoms. The van der Waals surface area contributed by atoms with Gasteiger partial charge in [-0.3, -0.25) is 9.80 Å². The van der Waals surface area contributed by atoms with E-state index in [0.717, 1.165) is 26.2 Å². The van der Waals surface area contributed by atoms with Gasteiger partial charge in [0, 0.05) is 37.9 Å². The number of hydrogen-bond donors (Lipinski definition) is 0. The Morgan fingerprint density at radius 1 is 1.35 bits per heavy atom. The molecule has 1 fully saturated rings. The minimum atomic E-state index is 0.248. The molecule has 1 aliphatic rings. The first-order valence-corrected chi connectivity index (χ1v) is 6.39. The summed E-state index contributed by atoms with van der Waals surface area (Å²) in [6.07, 6.45) is 1.87. The summed E-state index contributed by atoms with van der Waals surface area (Å²) in [5.41, 5.74) is 1.48. The molecule has 1 aromatic rings. The molecule has 0 N–H and O–H groups in total. The fourth-order valence-electron chi connectivity index (χ4n) is 2.23. The third-order valence-corrected chi connectivity index (χ3v) is 3.81. The van der Waals surface area contributed by atoms with Crippen LogP contribution in [-0.4, -0.2) is 47.0 Å². The highest BCUT2D eigenvalue weighted by Gasteiger charge is 2.30. The van der Waals surface area contributed by atoms with Crippen molar-refractivity contribution in [3.63, 3.8) is 0 Å². The van der Waals surface area contributed by atoms with Crippen LogP contribution in [0.15, 0.2) is 18.3 Å². The molecule has 3 nitrogen and oxygen atoms in total. The Labute approximate surface area is 108 Å². The Kier molecular flexibility index (Phi) is 3.71. The molecule has 0 radical (unpaired) electrons. The summed E-state index contributed by atoms with van der Waals surface area (Å²) in [6, 6.07) is 3.92. The molecule has 1 aromatic heterocycles. The highest BCUT2D eigenvalue weighted by Crippen LogP contribution is 2.20. The summed E-state index contributed by atoms with van der Waals surface area (Å²) in [6.45, 7) is 8.86. The number of aromatic nitrogens is 1. The minimum absolute atomic E-state index is 0.248. The molecular weight excluding hydrogens is 234 g/mol. The molecule has 4 heteroatoms. The van der Waals surface area contributed by atoms with Crippen LogP contribution in [0.2, 0.25) is 5.15 Å². The molecule has 0 aliphatic carbocycles. The quantitative estimate of drug-likeness (QED) is 0.754. The van der Waals surface area contributed by atoms with E-state index in [4.69, 9.17) is 11.6 Å². The van der Waals surface area contributed by atoms with Gasteiger partial charge in [0.15, 0.2) is 0 Å². The van der Waals surface area contributed by atoms with Crippen LogP contribution in [0, 0.1) is 0 Å². The average Bonchev–Trinajstić information content (AvgIpc) is 2.26. The molecule has 1 aliphatic heterocycles. The van der Waals surface area contributed by atoms with Gasteiger partial charge in [-0.2, -0.15) is 0 Å². The summed E-state index contributed by atoms with van der Waals surface area (Å²) in [4.78, 5) is 9.02. The number of pyridine rings is 1. The molecule has 2 rings (SSSR count). The van der Waals surface area contributed by atoms with E-state index in [1.54, 1.807) is 0 Å². The zero-order valence-corrected chi connectivity index (χ0v) is 11.5. The number of halogens is 1. The van der Waals surface area contributed by atoms with E-state index < -0.39 is 0 Å². The van der Waals surface area contributed by atoms with E-state index in [9.17, 15) is 0 Å². The number of hydrogen-bond acceptors (Lipinski definition) is 3. The van der Waals surface area contributed by atoms with Crippen molar-refractivity contribution in [2.24, 2.45) is 0 Å². The molecule has 2 heterocycles. The van der Waals surface area contributed by atoms with E-state index in [1.165, 1.54) is 5.56 Å². The first-order chi connectivity index (χ1) is 7.97. The molecular formula is C13H20ClN3. The second kappa shape index (κ2) is 4.92. The van der Waals surface area contributed by atoms with Crippen molar-refractivity contribution in [2.75, 3.05) is 26.7 Å².